The van der Waals surface area contributed by atoms with Crippen molar-refractivity contribution in [1.29, 1.82) is 0 Å². The molecule has 3 N–H and O–H groups in total. The summed E-state index contributed by atoms with van der Waals surface area (Å²) in [6.45, 7) is 0. The van der Waals surface area contributed by atoms with Crippen LogP contribution < -0.4 is 15.2 Å². The minimum atomic E-state index is -1.39. The fraction of sp³-hybridized carbons (Fsp3) is 0. The molecule has 1 heterocycles. The van der Waals surface area contributed by atoms with Gasteiger partial charge in [0, 0.05) is 6.07 Å². The number of pyridine rings is 1. The summed E-state index contributed by atoms with van der Waals surface area (Å²) in [7, 11) is 0. The first-order chi connectivity index (χ1) is 5.61. The van der Waals surface area contributed by atoms with Crippen molar-refractivity contribution >= 4 is 57.4 Å². The van der Waals surface area contributed by atoms with E-state index in [0.717, 1.165) is 18.3 Å². The van der Waals surface area contributed by atoms with Crippen LogP contribution in [0.1, 0.15) is 20.8 Å². The molecule has 0 saturated heterocycles. The monoisotopic (exact) mass is 272 g/mol. The van der Waals surface area contributed by atoms with E-state index < -0.39 is 11.9 Å². The van der Waals surface area contributed by atoms with E-state index in [9.17, 15) is 19.8 Å². The molecule has 1 aromatic heterocycles. The van der Waals surface area contributed by atoms with E-state index in [1.807, 2.05) is 0 Å². The van der Waals surface area contributed by atoms with Crippen LogP contribution in [0.4, 0.5) is 0 Å². The zero-order valence-corrected chi connectivity index (χ0v) is 10.5. The molecule has 0 saturated carbocycles. The molecule has 0 bridgehead atoms. The molecule has 6 nitrogen and oxygen atoms in total. The standard InChI is InChI=1S/C7H5NO4.H2O.Sr/c9-6(10)4-1-2-5(7(11)12)8-3-4;;/h1-3H,(H,9,10)(H,11,12);1H2;/q;;+2/p-1. The van der Waals surface area contributed by atoms with E-state index >= 15 is 0 Å². The van der Waals surface area contributed by atoms with Gasteiger partial charge >= 0.3 is 45.5 Å². The Labute approximate surface area is 116 Å². The molecule has 70 valence electrons. The Morgan fingerprint density at radius 1 is 1.14 bits per heavy atom. The van der Waals surface area contributed by atoms with Gasteiger partial charge in [0.2, 0.25) is 5.69 Å². The molecular formula is C7H6NO5Sr+. The number of H-pyrrole nitrogens is 1. The smallest absolute Gasteiger partial charge is 0.545 e. The molecule has 0 radical (unpaired) electrons. The Kier molecular flexibility index (Phi) is 7.88. The number of hydrogen-bond donors (Lipinski definition) is 0. The SMILES string of the molecule is O.O=C([O-])c1ccc(C(=O)[O-])[nH+]c1.[Sr+2]. The number of rotatable bonds is 2. The van der Waals surface area contributed by atoms with E-state index in [4.69, 9.17) is 0 Å². The topological polar surface area (TPSA) is 126 Å². The van der Waals surface area contributed by atoms with E-state index in [-0.39, 0.29) is 62.2 Å². The van der Waals surface area contributed by atoms with E-state index in [0.29, 0.717) is 0 Å². The summed E-state index contributed by atoms with van der Waals surface area (Å²) in [5.74, 6) is -2.75. The number of hydrogen-bond acceptors (Lipinski definition) is 4. The molecular weight excluding hydrogens is 266 g/mol. The number of carbonyl (C=O) groups is 2. The van der Waals surface area contributed by atoms with E-state index in [1.165, 1.54) is 0 Å². The zero-order valence-electron chi connectivity index (χ0n) is 7.07. The van der Waals surface area contributed by atoms with Crippen LogP contribution in [-0.2, 0) is 0 Å². The Hall–Kier alpha value is -0.469. The van der Waals surface area contributed by atoms with Crippen molar-refractivity contribution in [1.82, 2.24) is 0 Å². The fourth-order valence-corrected chi connectivity index (χ4v) is 0.679. The van der Waals surface area contributed by atoms with Crippen LogP contribution >= 0.6 is 0 Å². The Bertz CT molecular complexity index is 290. The van der Waals surface area contributed by atoms with Crippen molar-refractivity contribution in [2.75, 3.05) is 0 Å². The van der Waals surface area contributed by atoms with Gasteiger partial charge in [-0.25, -0.2) is 4.98 Å². The molecule has 0 atom stereocenters. The molecule has 1 aromatic rings. The number of aromatic carboxylic acids is 2. The summed E-state index contributed by atoms with van der Waals surface area (Å²) >= 11 is 0. The predicted octanol–water partition coefficient (Wildman–Crippen LogP) is -3.98. The van der Waals surface area contributed by atoms with Gasteiger partial charge in [-0.15, -0.1) is 0 Å². The summed E-state index contributed by atoms with van der Waals surface area (Å²) in [5.41, 5.74) is -0.292. The normalized spacial score (nSPS) is 8.00. The van der Waals surface area contributed by atoms with Crippen molar-refractivity contribution < 1.29 is 30.3 Å². The number of carbonyl (C=O) groups excluding carboxylic acids is 2. The summed E-state index contributed by atoms with van der Waals surface area (Å²) in [5, 5.41) is 20.4. The van der Waals surface area contributed by atoms with Crippen LogP contribution in [0.15, 0.2) is 18.3 Å². The molecule has 0 aromatic carbocycles. The van der Waals surface area contributed by atoms with Crippen LogP contribution in [-0.4, -0.2) is 62.9 Å². The van der Waals surface area contributed by atoms with Crippen molar-refractivity contribution in [3.63, 3.8) is 0 Å². The van der Waals surface area contributed by atoms with E-state index in [2.05, 4.69) is 4.98 Å². The minimum Gasteiger partial charge on any atom is -0.545 e. The van der Waals surface area contributed by atoms with Gasteiger partial charge in [-0.1, -0.05) is 0 Å². The Morgan fingerprint density at radius 3 is 2.00 bits per heavy atom. The van der Waals surface area contributed by atoms with Crippen molar-refractivity contribution in [3.05, 3.63) is 29.6 Å². The Balaban J connectivity index is 0. The molecule has 0 aliphatic heterocycles. The van der Waals surface area contributed by atoms with Crippen molar-refractivity contribution in [2.24, 2.45) is 0 Å². The van der Waals surface area contributed by atoms with Gasteiger partial charge in [0.05, 0.1) is 11.5 Å². The maximum absolute atomic E-state index is 10.2. The first-order valence-electron chi connectivity index (χ1n) is 3.05. The number of aromatic amines is 1. The second-order valence-electron chi connectivity index (χ2n) is 2.07. The third-order valence-corrected chi connectivity index (χ3v) is 1.27. The van der Waals surface area contributed by atoms with Gasteiger partial charge in [-0.2, -0.15) is 0 Å². The zero-order chi connectivity index (χ0) is 9.14. The maximum Gasteiger partial charge on any atom is 2.00 e. The summed E-state index contributed by atoms with van der Waals surface area (Å²) < 4.78 is 0. The molecule has 0 fully saturated rings. The molecule has 1 rings (SSSR count). The predicted molar refractivity (Wildman–Crippen MR) is 41.0 cm³/mol. The summed E-state index contributed by atoms with van der Waals surface area (Å²) in [6.07, 6.45) is 1.03. The first-order valence-corrected chi connectivity index (χ1v) is 3.05. The number of carboxylic acids is 2. The number of carboxylic acid groups (broad SMARTS) is 2. The molecule has 0 unspecified atom stereocenters. The van der Waals surface area contributed by atoms with Crippen molar-refractivity contribution in [3.8, 4) is 0 Å². The van der Waals surface area contributed by atoms with Gasteiger partial charge in [-0.05, 0) is 6.07 Å². The maximum atomic E-state index is 10.2. The number of aromatic nitrogens is 1. The average molecular weight is 272 g/mol. The van der Waals surface area contributed by atoms with Gasteiger partial charge in [0.25, 0.3) is 0 Å². The second kappa shape index (κ2) is 6.91. The summed E-state index contributed by atoms with van der Waals surface area (Å²) in [6, 6.07) is 2.22. The molecule has 0 aliphatic carbocycles. The summed E-state index contributed by atoms with van der Waals surface area (Å²) in [4.78, 5) is 22.6. The molecule has 0 amide bonds. The average Bonchev–Trinajstić information content (AvgIpc) is 2.04. The van der Waals surface area contributed by atoms with Crippen molar-refractivity contribution in [2.45, 2.75) is 0 Å². The third kappa shape index (κ3) is 4.16. The second-order valence-corrected chi connectivity index (χ2v) is 2.07. The van der Waals surface area contributed by atoms with Crippen LogP contribution in [0.3, 0.4) is 0 Å². The van der Waals surface area contributed by atoms with Gasteiger partial charge < -0.3 is 25.3 Å². The van der Waals surface area contributed by atoms with Gasteiger partial charge in [0.15, 0.2) is 6.20 Å². The van der Waals surface area contributed by atoms with Crippen LogP contribution in [0.5, 0.6) is 0 Å². The Morgan fingerprint density at radius 2 is 1.71 bits per heavy atom. The van der Waals surface area contributed by atoms with Crippen LogP contribution in [0.25, 0.3) is 0 Å². The van der Waals surface area contributed by atoms with Gasteiger partial charge in [0.1, 0.15) is 5.97 Å². The van der Waals surface area contributed by atoms with Crippen LogP contribution in [0.2, 0.25) is 0 Å². The third-order valence-electron chi connectivity index (χ3n) is 1.27. The number of nitrogens with one attached hydrogen (secondary N) is 1. The fourth-order valence-electron chi connectivity index (χ4n) is 0.679. The molecule has 0 spiro atoms. The van der Waals surface area contributed by atoms with E-state index in [1.54, 1.807) is 0 Å². The minimum absolute atomic E-state index is 0. The van der Waals surface area contributed by atoms with Gasteiger partial charge in [-0.3, -0.25) is 0 Å². The quantitative estimate of drug-likeness (QED) is 0.508. The molecule has 14 heavy (non-hydrogen) atoms. The first kappa shape index (κ1) is 16.0. The largest absolute Gasteiger partial charge is 2.00 e. The molecule has 0 aliphatic rings. The van der Waals surface area contributed by atoms with Crippen LogP contribution in [0, 0.1) is 0 Å². The molecule has 7 heteroatoms.